The van der Waals surface area contributed by atoms with Crippen molar-refractivity contribution < 1.29 is 24.2 Å². The van der Waals surface area contributed by atoms with E-state index >= 15 is 0 Å². The summed E-state index contributed by atoms with van der Waals surface area (Å²) in [5.74, 6) is -1.95. The molecular weight excluding hydrogens is 565 g/mol. The third-order valence-corrected chi connectivity index (χ3v) is 7.45. The number of likely N-dealkylation sites (tertiary alicyclic amines) is 1. The van der Waals surface area contributed by atoms with Crippen LogP contribution in [0.2, 0.25) is 0 Å². The zero-order valence-electron chi connectivity index (χ0n) is 18.4. The Hall–Kier alpha value is -1.16. The monoisotopic (exact) mass is 593 g/mol. The second kappa shape index (κ2) is 8.41. The number of aliphatic carboxylic acids is 1. The third kappa shape index (κ3) is 5.00. The number of carbonyl (C=O) groups is 3. The van der Waals surface area contributed by atoms with Crippen LogP contribution in [0.5, 0.6) is 0 Å². The van der Waals surface area contributed by atoms with E-state index in [1.165, 1.54) is 4.90 Å². The molecule has 1 aromatic rings. The highest BCUT2D eigenvalue weighted by Gasteiger charge is 2.60. The van der Waals surface area contributed by atoms with Gasteiger partial charge in [-0.05, 0) is 90.3 Å². The van der Waals surface area contributed by atoms with E-state index in [2.05, 4.69) is 38.5 Å². The normalized spacial score (nSPS) is 24.6. The van der Waals surface area contributed by atoms with Gasteiger partial charge in [-0.15, -0.1) is 0 Å². The summed E-state index contributed by atoms with van der Waals surface area (Å²) < 4.78 is 7.47. The summed E-state index contributed by atoms with van der Waals surface area (Å²) in [4.78, 5) is 40.3. The Kier molecular flexibility index (Phi) is 7.04. The number of nitrogens with zero attached hydrogens (tertiary/aromatic N) is 1. The molecular formula is C22H29BrINO5. The van der Waals surface area contributed by atoms with E-state index in [4.69, 9.17) is 4.74 Å². The molecule has 0 aromatic heterocycles. The summed E-state index contributed by atoms with van der Waals surface area (Å²) in [7, 11) is 0. The topological polar surface area (TPSA) is 83.9 Å². The van der Waals surface area contributed by atoms with Crippen LogP contribution < -0.4 is 0 Å². The Morgan fingerprint density at radius 1 is 1.20 bits per heavy atom. The average Bonchev–Trinajstić information content (AvgIpc) is 2.89. The molecule has 30 heavy (non-hydrogen) atoms. The lowest BCUT2D eigenvalue weighted by Gasteiger charge is -2.38. The van der Waals surface area contributed by atoms with Crippen molar-refractivity contribution in [3.05, 3.63) is 31.8 Å². The van der Waals surface area contributed by atoms with Gasteiger partial charge in [0.1, 0.15) is 11.6 Å². The van der Waals surface area contributed by atoms with Crippen molar-refractivity contribution >= 4 is 56.4 Å². The fourth-order valence-corrected chi connectivity index (χ4v) is 4.54. The van der Waals surface area contributed by atoms with Gasteiger partial charge in [-0.2, -0.15) is 0 Å². The Bertz CT molecular complexity index is 873. The van der Waals surface area contributed by atoms with Crippen molar-refractivity contribution in [2.45, 2.75) is 72.6 Å². The molecule has 1 aliphatic heterocycles. The van der Waals surface area contributed by atoms with Crippen LogP contribution in [0.3, 0.4) is 0 Å². The van der Waals surface area contributed by atoms with E-state index < -0.39 is 40.5 Å². The lowest BCUT2D eigenvalue weighted by atomic mass is 9.77. The summed E-state index contributed by atoms with van der Waals surface area (Å²) >= 11 is 5.64. The molecule has 8 heteroatoms. The number of halogens is 2. The van der Waals surface area contributed by atoms with E-state index in [1.807, 2.05) is 18.2 Å². The predicted octanol–water partition coefficient (Wildman–Crippen LogP) is 5.17. The van der Waals surface area contributed by atoms with Crippen molar-refractivity contribution in [3.8, 4) is 0 Å². The number of hydrogen-bond donors (Lipinski definition) is 1. The number of rotatable bonds is 3. The molecule has 0 radical (unpaired) electrons. The Balaban J connectivity index is 2.73. The molecule has 0 spiro atoms. The summed E-state index contributed by atoms with van der Waals surface area (Å²) in [6, 6.07) is 3.67. The molecule has 166 valence electrons. The lowest BCUT2D eigenvalue weighted by Crippen LogP contribution is -2.48. The van der Waals surface area contributed by atoms with Gasteiger partial charge < -0.3 is 14.7 Å². The minimum Gasteiger partial charge on any atom is -0.480 e. The van der Waals surface area contributed by atoms with Gasteiger partial charge in [-0.1, -0.05) is 26.8 Å². The Labute approximate surface area is 200 Å². The molecule has 0 bridgehead atoms. The van der Waals surface area contributed by atoms with Crippen molar-refractivity contribution in [1.82, 2.24) is 4.90 Å². The van der Waals surface area contributed by atoms with E-state index in [0.717, 1.165) is 8.04 Å². The predicted molar refractivity (Wildman–Crippen MR) is 126 cm³/mol. The van der Waals surface area contributed by atoms with Crippen molar-refractivity contribution in [3.63, 3.8) is 0 Å². The van der Waals surface area contributed by atoms with Crippen LogP contribution in [-0.2, 0) is 19.1 Å². The summed E-state index contributed by atoms with van der Waals surface area (Å²) in [6.07, 6.45) is -0.0175. The Morgan fingerprint density at radius 3 is 2.20 bits per heavy atom. The van der Waals surface area contributed by atoms with Gasteiger partial charge in [0.2, 0.25) is 5.91 Å². The molecule has 1 N–H and O–H groups in total. The minimum atomic E-state index is -1.21. The second-order valence-electron chi connectivity index (χ2n) is 10.0. The molecule has 1 amide bonds. The quantitative estimate of drug-likeness (QED) is 0.386. The molecule has 1 aliphatic rings. The van der Waals surface area contributed by atoms with Crippen LogP contribution in [0.1, 0.15) is 66.5 Å². The molecule has 0 saturated carbocycles. The first-order valence-electron chi connectivity index (χ1n) is 9.73. The number of carboxylic acids is 1. The standard InChI is InChI=1S/C22H29BrINO5/c1-20(2,3)18(28)25-15(17(26)27)11-22(7,19(29)30-21(4,5)6)16(25)12-8-9-13(23)14(24)10-12/h8-10,15-16H,11H2,1-7H3,(H,26,27)/t15-,16-,22-/m1/s1. The maximum atomic E-state index is 13.4. The number of benzene rings is 1. The maximum absolute atomic E-state index is 13.4. The van der Waals surface area contributed by atoms with Crippen LogP contribution in [0.25, 0.3) is 0 Å². The number of ether oxygens (including phenoxy) is 1. The highest BCUT2D eigenvalue weighted by molar-refractivity contribution is 14.1. The first-order valence-corrected chi connectivity index (χ1v) is 11.6. The third-order valence-electron chi connectivity index (χ3n) is 5.12. The fourth-order valence-electron chi connectivity index (χ4n) is 3.75. The maximum Gasteiger partial charge on any atom is 0.326 e. The van der Waals surface area contributed by atoms with E-state index in [0.29, 0.717) is 5.56 Å². The minimum absolute atomic E-state index is 0.0175. The van der Waals surface area contributed by atoms with Gasteiger partial charge in [0.05, 0.1) is 11.5 Å². The van der Waals surface area contributed by atoms with Gasteiger partial charge in [0.25, 0.3) is 0 Å². The highest BCUT2D eigenvalue weighted by atomic mass is 127. The van der Waals surface area contributed by atoms with Crippen LogP contribution in [-0.4, -0.2) is 39.5 Å². The summed E-state index contributed by atoms with van der Waals surface area (Å²) in [5, 5.41) is 9.95. The first-order chi connectivity index (χ1) is 13.5. The van der Waals surface area contributed by atoms with Crippen LogP contribution >= 0.6 is 38.5 Å². The van der Waals surface area contributed by atoms with Gasteiger partial charge >= 0.3 is 11.9 Å². The SMILES string of the molecule is CC(C)(C)OC(=O)[C@]1(C)C[C@H](C(=O)O)N(C(=O)C(C)(C)C)[C@@H]1c1ccc(Br)c(I)c1. The summed E-state index contributed by atoms with van der Waals surface area (Å²) in [6.45, 7) is 12.3. The van der Waals surface area contributed by atoms with Gasteiger partial charge in [0.15, 0.2) is 0 Å². The van der Waals surface area contributed by atoms with Crippen LogP contribution in [0, 0.1) is 14.4 Å². The zero-order chi connectivity index (χ0) is 23.2. The average molecular weight is 594 g/mol. The molecule has 1 saturated heterocycles. The second-order valence-corrected chi connectivity index (χ2v) is 12.0. The smallest absolute Gasteiger partial charge is 0.326 e. The van der Waals surface area contributed by atoms with Gasteiger partial charge in [-0.3, -0.25) is 9.59 Å². The fraction of sp³-hybridized carbons (Fsp3) is 0.591. The molecule has 2 rings (SSSR count). The molecule has 0 aliphatic carbocycles. The van der Waals surface area contributed by atoms with Crippen molar-refractivity contribution in [2.75, 3.05) is 0 Å². The molecule has 3 atom stereocenters. The van der Waals surface area contributed by atoms with Gasteiger partial charge in [-0.25, -0.2) is 4.79 Å². The van der Waals surface area contributed by atoms with Crippen molar-refractivity contribution in [2.24, 2.45) is 10.8 Å². The molecule has 6 nitrogen and oxygen atoms in total. The molecule has 1 fully saturated rings. The number of hydrogen-bond acceptors (Lipinski definition) is 4. The molecule has 0 unspecified atom stereocenters. The number of carbonyl (C=O) groups excluding carboxylic acids is 2. The number of carboxylic acid groups (broad SMARTS) is 1. The first kappa shape index (κ1) is 25.1. The molecule has 1 heterocycles. The number of amides is 1. The Morgan fingerprint density at radius 2 is 1.77 bits per heavy atom. The summed E-state index contributed by atoms with van der Waals surface area (Å²) in [5.41, 5.74) is -2.06. The van der Waals surface area contributed by atoms with Crippen LogP contribution in [0.15, 0.2) is 22.7 Å². The zero-order valence-corrected chi connectivity index (χ0v) is 22.1. The molecule has 1 aromatic carbocycles. The van der Waals surface area contributed by atoms with E-state index in [9.17, 15) is 19.5 Å². The van der Waals surface area contributed by atoms with E-state index in [-0.39, 0.29) is 12.3 Å². The van der Waals surface area contributed by atoms with E-state index in [1.54, 1.807) is 48.5 Å². The van der Waals surface area contributed by atoms with Crippen LogP contribution in [0.4, 0.5) is 0 Å². The van der Waals surface area contributed by atoms with Crippen molar-refractivity contribution in [1.29, 1.82) is 0 Å². The van der Waals surface area contributed by atoms with Gasteiger partial charge in [0, 0.05) is 13.5 Å². The highest BCUT2D eigenvalue weighted by Crippen LogP contribution is 2.53. The lowest BCUT2D eigenvalue weighted by molar-refractivity contribution is -0.169. The number of esters is 1. The largest absolute Gasteiger partial charge is 0.480 e.